The summed E-state index contributed by atoms with van der Waals surface area (Å²) < 4.78 is 3.15. The Morgan fingerprint density at radius 2 is 2.20 bits per heavy atom. The van der Waals surface area contributed by atoms with Gasteiger partial charge >= 0.3 is 0 Å². The molecule has 0 bridgehead atoms. The molecule has 0 saturated heterocycles. The molecule has 80 valence electrons. The molecule has 0 aliphatic heterocycles. The minimum absolute atomic E-state index is 0.452. The van der Waals surface area contributed by atoms with Crippen LogP contribution in [0.2, 0.25) is 0 Å². The van der Waals surface area contributed by atoms with Crippen molar-refractivity contribution in [3.05, 3.63) is 29.7 Å². The molecule has 0 fully saturated rings. The zero-order chi connectivity index (χ0) is 11.0. The maximum absolute atomic E-state index is 9.99. The number of aliphatic hydroxyl groups is 1. The van der Waals surface area contributed by atoms with Gasteiger partial charge in [-0.3, -0.25) is 9.36 Å². The molecule has 2 aromatic rings. The van der Waals surface area contributed by atoms with E-state index in [0.29, 0.717) is 17.1 Å². The number of hydrogen-bond acceptors (Lipinski definition) is 4. The molecule has 0 aliphatic rings. The van der Waals surface area contributed by atoms with E-state index in [0.717, 1.165) is 0 Å². The van der Waals surface area contributed by atoms with E-state index >= 15 is 0 Å². The molecule has 1 unspecified atom stereocenters. The van der Waals surface area contributed by atoms with Gasteiger partial charge in [-0.05, 0) is 6.07 Å². The first-order chi connectivity index (χ1) is 7.09. The van der Waals surface area contributed by atoms with E-state index in [4.69, 9.17) is 5.73 Å². The lowest BCUT2D eigenvalue weighted by Gasteiger charge is -2.06. The van der Waals surface area contributed by atoms with E-state index in [1.165, 1.54) is 4.68 Å². The molecule has 2 rings (SSSR count). The minimum atomic E-state index is -0.820. The van der Waals surface area contributed by atoms with Gasteiger partial charge in [0.2, 0.25) is 0 Å². The van der Waals surface area contributed by atoms with Gasteiger partial charge in [0.05, 0.1) is 11.9 Å². The molecule has 2 heterocycles. The Labute approximate surface area is 86.9 Å². The number of rotatable bonds is 2. The molecule has 0 saturated carbocycles. The lowest BCUT2D eigenvalue weighted by molar-refractivity contribution is 0.215. The van der Waals surface area contributed by atoms with Crippen molar-refractivity contribution < 1.29 is 5.11 Å². The van der Waals surface area contributed by atoms with E-state index in [2.05, 4.69) is 10.2 Å². The van der Waals surface area contributed by atoms with E-state index in [9.17, 15) is 5.11 Å². The van der Waals surface area contributed by atoms with Crippen LogP contribution in [-0.4, -0.2) is 24.7 Å². The van der Waals surface area contributed by atoms with E-state index in [1.807, 2.05) is 0 Å². The van der Waals surface area contributed by atoms with Crippen LogP contribution in [-0.2, 0) is 14.1 Å². The predicted octanol–water partition coefficient (Wildman–Crippen LogP) is -0.182. The van der Waals surface area contributed by atoms with Crippen molar-refractivity contribution in [2.24, 2.45) is 14.1 Å². The first-order valence-corrected chi connectivity index (χ1v) is 4.54. The Morgan fingerprint density at radius 1 is 1.47 bits per heavy atom. The van der Waals surface area contributed by atoms with Gasteiger partial charge in [-0.2, -0.15) is 10.2 Å². The number of nitrogen functional groups attached to an aromatic ring is 1. The lowest BCUT2D eigenvalue weighted by atomic mass is 10.1. The van der Waals surface area contributed by atoms with Gasteiger partial charge in [0.25, 0.3) is 0 Å². The van der Waals surface area contributed by atoms with Gasteiger partial charge in [-0.15, -0.1) is 0 Å². The first kappa shape index (κ1) is 9.72. The minimum Gasteiger partial charge on any atom is -0.384 e. The lowest BCUT2D eigenvalue weighted by Crippen LogP contribution is -2.05. The maximum atomic E-state index is 9.99. The number of nitrogens with zero attached hydrogens (tertiary/aromatic N) is 4. The summed E-state index contributed by atoms with van der Waals surface area (Å²) in [7, 11) is 3.52. The van der Waals surface area contributed by atoms with Crippen LogP contribution in [0.4, 0.5) is 5.82 Å². The van der Waals surface area contributed by atoms with E-state index < -0.39 is 6.10 Å². The topological polar surface area (TPSA) is 81.9 Å². The highest BCUT2D eigenvalue weighted by atomic mass is 16.3. The molecule has 0 spiro atoms. The summed E-state index contributed by atoms with van der Waals surface area (Å²) >= 11 is 0. The van der Waals surface area contributed by atoms with Gasteiger partial charge < -0.3 is 10.8 Å². The first-order valence-electron chi connectivity index (χ1n) is 4.54. The third kappa shape index (κ3) is 1.59. The molecule has 6 nitrogen and oxygen atoms in total. The van der Waals surface area contributed by atoms with Crippen LogP contribution in [0.1, 0.15) is 17.4 Å². The molecule has 0 amide bonds. The third-order valence-corrected chi connectivity index (χ3v) is 2.32. The van der Waals surface area contributed by atoms with E-state index in [-0.39, 0.29) is 0 Å². The van der Waals surface area contributed by atoms with Crippen LogP contribution in [0, 0.1) is 0 Å². The van der Waals surface area contributed by atoms with Crippen molar-refractivity contribution >= 4 is 5.82 Å². The molecule has 6 heteroatoms. The normalized spacial score (nSPS) is 13.0. The van der Waals surface area contributed by atoms with Crippen LogP contribution in [0.3, 0.4) is 0 Å². The third-order valence-electron chi connectivity index (χ3n) is 2.32. The second-order valence-corrected chi connectivity index (χ2v) is 3.43. The number of anilines is 1. The molecule has 2 aromatic heterocycles. The summed E-state index contributed by atoms with van der Waals surface area (Å²) in [6, 6.07) is 1.75. The van der Waals surface area contributed by atoms with Crippen molar-refractivity contribution in [2.75, 3.05) is 5.73 Å². The number of aliphatic hydroxyl groups excluding tert-OH is 1. The predicted molar refractivity (Wildman–Crippen MR) is 54.9 cm³/mol. The molecule has 0 radical (unpaired) electrons. The van der Waals surface area contributed by atoms with E-state index in [1.54, 1.807) is 37.2 Å². The number of aromatic nitrogens is 4. The monoisotopic (exact) mass is 207 g/mol. The van der Waals surface area contributed by atoms with Crippen molar-refractivity contribution in [2.45, 2.75) is 6.10 Å². The van der Waals surface area contributed by atoms with Crippen molar-refractivity contribution in [3.8, 4) is 0 Å². The van der Waals surface area contributed by atoms with Crippen molar-refractivity contribution in [1.29, 1.82) is 0 Å². The fourth-order valence-corrected chi connectivity index (χ4v) is 1.41. The highest BCUT2D eigenvalue weighted by Gasteiger charge is 2.18. The summed E-state index contributed by atoms with van der Waals surface area (Å²) in [5.74, 6) is 0.452. The SMILES string of the molecule is Cn1ccc(C(O)c2cnn(C)c2N)n1. The Morgan fingerprint density at radius 3 is 2.67 bits per heavy atom. The second-order valence-electron chi connectivity index (χ2n) is 3.43. The highest BCUT2D eigenvalue weighted by Crippen LogP contribution is 2.24. The second kappa shape index (κ2) is 3.39. The standard InChI is InChI=1S/C9H13N5O/c1-13-4-3-7(12-13)8(15)6-5-11-14(2)9(6)10/h3-5,8,15H,10H2,1-2H3. The zero-order valence-electron chi connectivity index (χ0n) is 8.62. The number of hydrogen-bond donors (Lipinski definition) is 2. The molecule has 0 aromatic carbocycles. The summed E-state index contributed by atoms with van der Waals surface area (Å²) in [6.07, 6.45) is 2.50. The summed E-state index contributed by atoms with van der Waals surface area (Å²) in [4.78, 5) is 0. The molecule has 1 atom stereocenters. The number of aryl methyl sites for hydroxylation is 2. The zero-order valence-corrected chi connectivity index (χ0v) is 8.62. The molecule has 3 N–H and O–H groups in total. The molecular weight excluding hydrogens is 194 g/mol. The largest absolute Gasteiger partial charge is 0.384 e. The molecular formula is C9H13N5O. The average molecular weight is 207 g/mol. The van der Waals surface area contributed by atoms with Crippen molar-refractivity contribution in [3.63, 3.8) is 0 Å². The quantitative estimate of drug-likeness (QED) is 0.715. The molecule has 0 aliphatic carbocycles. The van der Waals surface area contributed by atoms with Gasteiger partial charge in [-0.1, -0.05) is 0 Å². The fourth-order valence-electron chi connectivity index (χ4n) is 1.41. The van der Waals surface area contributed by atoms with Gasteiger partial charge in [0, 0.05) is 25.9 Å². The van der Waals surface area contributed by atoms with Crippen molar-refractivity contribution in [1.82, 2.24) is 19.6 Å². The smallest absolute Gasteiger partial charge is 0.128 e. The van der Waals surface area contributed by atoms with Crippen LogP contribution in [0.5, 0.6) is 0 Å². The molecule has 15 heavy (non-hydrogen) atoms. The van der Waals surface area contributed by atoms with Gasteiger partial charge in [0.1, 0.15) is 11.9 Å². The van der Waals surface area contributed by atoms with Crippen LogP contribution in [0.25, 0.3) is 0 Å². The van der Waals surface area contributed by atoms with Gasteiger partial charge in [-0.25, -0.2) is 0 Å². The van der Waals surface area contributed by atoms with Crippen LogP contribution >= 0.6 is 0 Å². The van der Waals surface area contributed by atoms with Gasteiger partial charge in [0.15, 0.2) is 0 Å². The fraction of sp³-hybridized carbons (Fsp3) is 0.333. The summed E-state index contributed by atoms with van der Waals surface area (Å²) in [5.41, 5.74) is 6.90. The Balaban J connectivity index is 2.36. The van der Waals surface area contributed by atoms with Crippen LogP contribution in [0.15, 0.2) is 18.5 Å². The Kier molecular flexibility index (Phi) is 2.20. The van der Waals surface area contributed by atoms with Crippen LogP contribution < -0.4 is 5.73 Å². The Hall–Kier alpha value is -1.82. The average Bonchev–Trinajstić information content (AvgIpc) is 2.75. The Bertz CT molecular complexity index is 473. The highest BCUT2D eigenvalue weighted by molar-refractivity contribution is 5.42. The summed E-state index contributed by atoms with van der Waals surface area (Å²) in [6.45, 7) is 0. The number of nitrogens with two attached hydrogens (primary N) is 1. The summed E-state index contributed by atoms with van der Waals surface area (Å²) in [5, 5.41) is 18.1. The maximum Gasteiger partial charge on any atom is 0.128 e.